The molecule has 4 rings (SSSR count). The first-order valence-electron chi connectivity index (χ1n) is 10.5. The Morgan fingerprint density at radius 1 is 1.00 bits per heavy atom. The summed E-state index contributed by atoms with van der Waals surface area (Å²) in [5.74, 6) is -0.0482. The van der Waals surface area contributed by atoms with Crippen molar-refractivity contribution in [2.75, 3.05) is 30.3 Å². The van der Waals surface area contributed by atoms with Crippen molar-refractivity contribution in [2.45, 2.75) is 32.1 Å². The fourth-order valence-corrected chi connectivity index (χ4v) is 6.00. The van der Waals surface area contributed by atoms with Crippen molar-refractivity contribution in [2.24, 2.45) is 5.92 Å². The highest BCUT2D eigenvalue weighted by Crippen LogP contribution is 2.31. The second-order valence-corrected chi connectivity index (χ2v) is 10.1. The Morgan fingerprint density at radius 3 is 2.59 bits per heavy atom. The molecule has 0 saturated carbocycles. The minimum absolute atomic E-state index is 0.0686. The van der Waals surface area contributed by atoms with Crippen LogP contribution in [0, 0.1) is 5.92 Å². The van der Waals surface area contributed by atoms with Gasteiger partial charge in [-0.05, 0) is 49.3 Å². The molecule has 0 aromatic heterocycles. The molecular weight excluding hydrogens is 384 g/mol. The van der Waals surface area contributed by atoms with Crippen LogP contribution in [0.15, 0.2) is 54.6 Å². The topological polar surface area (TPSA) is 57.7 Å². The van der Waals surface area contributed by atoms with Crippen LogP contribution in [0.1, 0.15) is 30.4 Å². The van der Waals surface area contributed by atoms with E-state index in [1.807, 2.05) is 53.4 Å². The van der Waals surface area contributed by atoms with Crippen molar-refractivity contribution in [3.05, 3.63) is 65.7 Å². The number of aryl methyl sites for hydroxylation is 1. The maximum atomic E-state index is 13.1. The number of carbonyl (C=O) groups excluding carboxylic acids is 1. The van der Waals surface area contributed by atoms with E-state index in [-0.39, 0.29) is 17.6 Å². The average molecular weight is 413 g/mol. The summed E-state index contributed by atoms with van der Waals surface area (Å²) in [6, 6.07) is 18.0. The Labute approximate surface area is 173 Å². The van der Waals surface area contributed by atoms with E-state index in [1.165, 1.54) is 5.56 Å². The normalized spacial score (nSPS) is 19.9. The average Bonchev–Trinajstić information content (AvgIpc) is 3.18. The molecule has 0 radical (unpaired) electrons. The van der Waals surface area contributed by atoms with Gasteiger partial charge in [-0.1, -0.05) is 48.5 Å². The molecule has 6 heteroatoms. The van der Waals surface area contributed by atoms with Gasteiger partial charge in [-0.25, -0.2) is 12.7 Å². The lowest BCUT2D eigenvalue weighted by atomic mass is 9.98. The minimum Gasteiger partial charge on any atom is -0.312 e. The molecule has 5 nitrogen and oxygen atoms in total. The fraction of sp³-hybridized carbons (Fsp3) is 0.435. The second-order valence-electron chi connectivity index (χ2n) is 7.97. The van der Waals surface area contributed by atoms with E-state index in [0.717, 1.165) is 36.9 Å². The molecule has 0 aliphatic carbocycles. The lowest BCUT2D eigenvalue weighted by Gasteiger charge is -2.33. The molecule has 1 saturated heterocycles. The molecule has 2 aromatic carbocycles. The number of anilines is 1. The van der Waals surface area contributed by atoms with Gasteiger partial charge in [0, 0.05) is 25.3 Å². The number of para-hydroxylation sites is 1. The zero-order chi connectivity index (χ0) is 20.3. The first-order chi connectivity index (χ1) is 14.0. The summed E-state index contributed by atoms with van der Waals surface area (Å²) >= 11 is 0. The highest BCUT2D eigenvalue weighted by Gasteiger charge is 2.36. The Bertz CT molecular complexity index is 959. The van der Waals surface area contributed by atoms with Gasteiger partial charge in [0.25, 0.3) is 0 Å². The minimum atomic E-state index is -3.34. The standard InChI is InChI=1S/C23H28N2O3S/c26-23(25-16-14-20-11-4-5-13-22(20)25)21-12-6-15-24(18-21)29(27,28)17-7-10-19-8-2-1-3-9-19/h1-5,8-9,11,13,21H,6-7,10,12,14-18H2/t21-/m0/s1. The SMILES string of the molecule is O=C([C@H]1CCCN(S(=O)(=O)CCCc2ccccc2)C1)N1CCc2ccccc21. The number of hydrogen-bond acceptors (Lipinski definition) is 3. The second kappa shape index (κ2) is 8.67. The molecule has 0 unspecified atom stereocenters. The molecule has 0 bridgehead atoms. The van der Waals surface area contributed by atoms with E-state index in [0.29, 0.717) is 26.1 Å². The maximum absolute atomic E-state index is 13.1. The van der Waals surface area contributed by atoms with E-state index in [2.05, 4.69) is 6.07 Å². The van der Waals surface area contributed by atoms with Gasteiger partial charge in [0.2, 0.25) is 15.9 Å². The molecule has 2 heterocycles. The third kappa shape index (κ3) is 4.54. The summed E-state index contributed by atoms with van der Waals surface area (Å²) in [5, 5.41) is 0. The largest absolute Gasteiger partial charge is 0.312 e. The summed E-state index contributed by atoms with van der Waals surface area (Å²) < 4.78 is 27.3. The summed E-state index contributed by atoms with van der Waals surface area (Å²) in [4.78, 5) is 15.0. The summed E-state index contributed by atoms with van der Waals surface area (Å²) in [6.07, 6.45) is 3.72. The number of amides is 1. The van der Waals surface area contributed by atoms with Crippen LogP contribution in [0.5, 0.6) is 0 Å². The van der Waals surface area contributed by atoms with Crippen molar-refractivity contribution < 1.29 is 13.2 Å². The summed E-state index contributed by atoms with van der Waals surface area (Å²) in [7, 11) is -3.34. The number of sulfonamides is 1. The van der Waals surface area contributed by atoms with Gasteiger partial charge >= 0.3 is 0 Å². The van der Waals surface area contributed by atoms with Crippen LogP contribution in [0.25, 0.3) is 0 Å². The number of benzene rings is 2. The predicted octanol–water partition coefficient (Wildman–Crippen LogP) is 3.25. The van der Waals surface area contributed by atoms with Crippen LogP contribution < -0.4 is 4.90 Å². The van der Waals surface area contributed by atoms with Crippen LogP contribution in [-0.2, 0) is 27.7 Å². The number of fused-ring (bicyclic) bond motifs is 1. The molecule has 2 aliphatic rings. The summed E-state index contributed by atoms with van der Waals surface area (Å²) in [6.45, 7) is 1.53. The van der Waals surface area contributed by atoms with Gasteiger partial charge in [0.05, 0.1) is 11.7 Å². The molecule has 2 aliphatic heterocycles. The quantitative estimate of drug-likeness (QED) is 0.732. The van der Waals surface area contributed by atoms with Crippen molar-refractivity contribution in [3.8, 4) is 0 Å². The van der Waals surface area contributed by atoms with E-state index < -0.39 is 10.0 Å². The molecule has 29 heavy (non-hydrogen) atoms. The zero-order valence-electron chi connectivity index (χ0n) is 16.7. The molecule has 1 amide bonds. The van der Waals surface area contributed by atoms with Gasteiger partial charge in [-0.3, -0.25) is 4.79 Å². The van der Waals surface area contributed by atoms with Gasteiger partial charge < -0.3 is 4.90 Å². The number of carbonyl (C=O) groups is 1. The number of nitrogens with zero attached hydrogens (tertiary/aromatic N) is 2. The monoisotopic (exact) mass is 412 g/mol. The molecular formula is C23H28N2O3S. The maximum Gasteiger partial charge on any atom is 0.231 e. The van der Waals surface area contributed by atoms with Gasteiger partial charge in [-0.15, -0.1) is 0 Å². The van der Waals surface area contributed by atoms with E-state index in [9.17, 15) is 13.2 Å². The fourth-order valence-electron chi connectivity index (χ4n) is 4.42. The highest BCUT2D eigenvalue weighted by molar-refractivity contribution is 7.89. The van der Waals surface area contributed by atoms with Crippen LogP contribution in [-0.4, -0.2) is 44.0 Å². The number of rotatable bonds is 6. The lowest BCUT2D eigenvalue weighted by molar-refractivity contribution is -0.123. The molecule has 1 fully saturated rings. The van der Waals surface area contributed by atoms with Crippen molar-refractivity contribution in [1.82, 2.24) is 4.31 Å². The van der Waals surface area contributed by atoms with Gasteiger partial charge in [-0.2, -0.15) is 0 Å². The lowest BCUT2D eigenvalue weighted by Crippen LogP contribution is -2.47. The van der Waals surface area contributed by atoms with E-state index in [1.54, 1.807) is 4.31 Å². The zero-order valence-corrected chi connectivity index (χ0v) is 17.5. The third-order valence-electron chi connectivity index (χ3n) is 5.99. The smallest absolute Gasteiger partial charge is 0.231 e. The van der Waals surface area contributed by atoms with E-state index in [4.69, 9.17) is 0 Å². The molecule has 154 valence electrons. The molecule has 0 N–H and O–H groups in total. The molecule has 0 spiro atoms. The van der Waals surface area contributed by atoms with Gasteiger partial charge in [0.1, 0.15) is 0 Å². The molecule has 1 atom stereocenters. The van der Waals surface area contributed by atoms with Crippen LogP contribution >= 0.6 is 0 Å². The molecule has 2 aromatic rings. The van der Waals surface area contributed by atoms with Crippen LogP contribution in [0.2, 0.25) is 0 Å². The third-order valence-corrected chi connectivity index (χ3v) is 7.91. The Kier molecular flexibility index (Phi) is 6.01. The Balaban J connectivity index is 1.37. The van der Waals surface area contributed by atoms with Crippen molar-refractivity contribution in [1.29, 1.82) is 0 Å². The Morgan fingerprint density at radius 2 is 1.76 bits per heavy atom. The first-order valence-corrected chi connectivity index (χ1v) is 12.1. The highest BCUT2D eigenvalue weighted by atomic mass is 32.2. The number of hydrogen-bond donors (Lipinski definition) is 0. The van der Waals surface area contributed by atoms with Crippen molar-refractivity contribution >= 4 is 21.6 Å². The van der Waals surface area contributed by atoms with Crippen LogP contribution in [0.4, 0.5) is 5.69 Å². The Hall–Kier alpha value is -2.18. The first kappa shape index (κ1) is 20.1. The van der Waals surface area contributed by atoms with Crippen LogP contribution in [0.3, 0.4) is 0 Å². The van der Waals surface area contributed by atoms with E-state index >= 15 is 0 Å². The van der Waals surface area contributed by atoms with Gasteiger partial charge in [0.15, 0.2) is 0 Å². The predicted molar refractivity (Wildman–Crippen MR) is 115 cm³/mol. The summed E-state index contributed by atoms with van der Waals surface area (Å²) in [5.41, 5.74) is 3.34. The van der Waals surface area contributed by atoms with Crippen molar-refractivity contribution in [3.63, 3.8) is 0 Å². The number of piperidine rings is 1.